The van der Waals surface area contributed by atoms with Crippen LogP contribution in [-0.4, -0.2) is 40.0 Å². The first-order valence-electron chi connectivity index (χ1n) is 6.41. The van der Waals surface area contributed by atoms with Crippen LogP contribution in [0.4, 0.5) is 4.79 Å². The van der Waals surface area contributed by atoms with Crippen LogP contribution in [0.3, 0.4) is 0 Å². The van der Waals surface area contributed by atoms with Crippen molar-refractivity contribution in [2.24, 2.45) is 0 Å². The molecule has 1 spiro atoms. The van der Waals surface area contributed by atoms with Crippen LogP contribution in [0.2, 0.25) is 0 Å². The standard InChI is InChI=1S/C12H18N2O4/c15-9(16)5-1-4-8-14-10(17)12(13-11(14)18)6-2-3-7-12/h1-8H2,(H,13,18)(H,15,16). The van der Waals surface area contributed by atoms with Crippen molar-refractivity contribution in [3.8, 4) is 0 Å². The first-order valence-corrected chi connectivity index (χ1v) is 6.41. The smallest absolute Gasteiger partial charge is 0.325 e. The minimum atomic E-state index is -0.848. The molecule has 2 fully saturated rings. The quantitative estimate of drug-likeness (QED) is 0.568. The molecule has 0 aromatic heterocycles. The largest absolute Gasteiger partial charge is 0.481 e. The number of urea groups is 1. The van der Waals surface area contributed by atoms with Gasteiger partial charge in [-0.1, -0.05) is 12.8 Å². The maximum absolute atomic E-state index is 12.2. The molecule has 2 aliphatic rings. The summed E-state index contributed by atoms with van der Waals surface area (Å²) in [6.45, 7) is 0.319. The second-order valence-electron chi connectivity index (χ2n) is 5.03. The zero-order valence-electron chi connectivity index (χ0n) is 10.3. The van der Waals surface area contributed by atoms with Crippen LogP contribution in [0.15, 0.2) is 0 Å². The minimum absolute atomic E-state index is 0.0782. The molecule has 1 saturated heterocycles. The van der Waals surface area contributed by atoms with Crippen molar-refractivity contribution in [1.29, 1.82) is 0 Å². The highest BCUT2D eigenvalue weighted by molar-refractivity contribution is 6.07. The summed E-state index contributed by atoms with van der Waals surface area (Å²) < 4.78 is 0. The van der Waals surface area contributed by atoms with E-state index in [0.29, 0.717) is 19.4 Å². The summed E-state index contributed by atoms with van der Waals surface area (Å²) in [5.41, 5.74) is -0.649. The normalized spacial score (nSPS) is 21.7. The SMILES string of the molecule is O=C(O)CCCCN1C(=O)NC2(CCCC2)C1=O. The molecule has 0 radical (unpaired) electrons. The third kappa shape index (κ3) is 2.32. The molecule has 0 aromatic carbocycles. The number of nitrogens with one attached hydrogen (secondary N) is 1. The summed E-state index contributed by atoms with van der Waals surface area (Å²) in [5.74, 6) is -0.972. The molecule has 0 bridgehead atoms. The third-order valence-electron chi connectivity index (χ3n) is 3.73. The van der Waals surface area contributed by atoms with E-state index in [1.54, 1.807) is 0 Å². The van der Waals surface area contributed by atoms with E-state index >= 15 is 0 Å². The average molecular weight is 254 g/mol. The number of unbranched alkanes of at least 4 members (excludes halogenated alkanes) is 1. The van der Waals surface area contributed by atoms with Crippen LogP contribution in [0.1, 0.15) is 44.9 Å². The van der Waals surface area contributed by atoms with Crippen LogP contribution < -0.4 is 5.32 Å². The fraction of sp³-hybridized carbons (Fsp3) is 0.750. The van der Waals surface area contributed by atoms with Crippen LogP contribution in [0, 0.1) is 0 Å². The maximum Gasteiger partial charge on any atom is 0.325 e. The van der Waals surface area contributed by atoms with Gasteiger partial charge in [0, 0.05) is 13.0 Å². The third-order valence-corrected chi connectivity index (χ3v) is 3.73. The predicted octanol–water partition coefficient (Wildman–Crippen LogP) is 1.11. The summed E-state index contributed by atoms with van der Waals surface area (Å²) in [7, 11) is 0. The lowest BCUT2D eigenvalue weighted by atomic mass is 9.98. The van der Waals surface area contributed by atoms with Crippen LogP contribution in [0.25, 0.3) is 0 Å². The molecular weight excluding hydrogens is 236 g/mol. The second kappa shape index (κ2) is 4.96. The number of carbonyl (C=O) groups excluding carboxylic acids is 2. The van der Waals surface area contributed by atoms with Crippen molar-refractivity contribution in [2.45, 2.75) is 50.5 Å². The van der Waals surface area contributed by atoms with Crippen LogP contribution >= 0.6 is 0 Å². The molecule has 6 heteroatoms. The molecule has 0 aromatic rings. The fourth-order valence-corrected chi connectivity index (χ4v) is 2.74. The average Bonchev–Trinajstić information content (AvgIpc) is 2.85. The molecule has 2 N–H and O–H groups in total. The lowest BCUT2D eigenvalue weighted by Crippen LogP contribution is -2.44. The molecular formula is C12H18N2O4. The van der Waals surface area contributed by atoms with Crippen molar-refractivity contribution < 1.29 is 19.5 Å². The number of nitrogens with zero attached hydrogens (tertiary/aromatic N) is 1. The van der Waals surface area contributed by atoms with Gasteiger partial charge in [-0.25, -0.2) is 4.79 Å². The Labute approximate surface area is 105 Å². The van der Waals surface area contributed by atoms with Gasteiger partial charge in [0.2, 0.25) is 0 Å². The molecule has 0 atom stereocenters. The van der Waals surface area contributed by atoms with E-state index in [1.165, 1.54) is 4.90 Å². The Morgan fingerprint density at radius 2 is 1.94 bits per heavy atom. The zero-order chi connectivity index (χ0) is 13.2. The van der Waals surface area contributed by atoms with Gasteiger partial charge in [0.1, 0.15) is 5.54 Å². The first-order chi connectivity index (χ1) is 8.55. The first kappa shape index (κ1) is 12.9. The van der Waals surface area contributed by atoms with E-state index in [-0.39, 0.29) is 18.4 Å². The van der Waals surface area contributed by atoms with E-state index in [1.807, 2.05) is 0 Å². The molecule has 0 unspecified atom stereocenters. The fourth-order valence-electron chi connectivity index (χ4n) is 2.74. The van der Waals surface area contributed by atoms with Crippen molar-refractivity contribution in [1.82, 2.24) is 10.2 Å². The molecule has 18 heavy (non-hydrogen) atoms. The minimum Gasteiger partial charge on any atom is -0.481 e. The maximum atomic E-state index is 12.2. The summed E-state index contributed by atoms with van der Waals surface area (Å²) in [5, 5.41) is 11.3. The van der Waals surface area contributed by atoms with Crippen molar-refractivity contribution in [3.05, 3.63) is 0 Å². The van der Waals surface area contributed by atoms with Gasteiger partial charge in [0.25, 0.3) is 5.91 Å². The van der Waals surface area contributed by atoms with Crippen molar-refractivity contribution >= 4 is 17.9 Å². The Morgan fingerprint density at radius 1 is 1.28 bits per heavy atom. The molecule has 100 valence electrons. The highest BCUT2D eigenvalue weighted by Gasteiger charge is 2.51. The van der Waals surface area contributed by atoms with E-state index in [4.69, 9.17) is 5.11 Å². The topological polar surface area (TPSA) is 86.7 Å². The molecule has 1 saturated carbocycles. The number of hydrogen-bond donors (Lipinski definition) is 2. The van der Waals surface area contributed by atoms with Gasteiger partial charge in [-0.05, 0) is 25.7 Å². The zero-order valence-corrected chi connectivity index (χ0v) is 10.3. The summed E-state index contributed by atoms with van der Waals surface area (Å²) in [6, 6.07) is -0.322. The summed E-state index contributed by atoms with van der Waals surface area (Å²) >= 11 is 0. The predicted molar refractivity (Wildman–Crippen MR) is 62.9 cm³/mol. The molecule has 2 rings (SSSR count). The Morgan fingerprint density at radius 3 is 2.56 bits per heavy atom. The van der Waals surface area contributed by atoms with Crippen molar-refractivity contribution in [2.75, 3.05) is 6.54 Å². The Balaban J connectivity index is 1.87. The number of hydrogen-bond acceptors (Lipinski definition) is 3. The van der Waals surface area contributed by atoms with Gasteiger partial charge in [0.15, 0.2) is 0 Å². The summed E-state index contributed by atoms with van der Waals surface area (Å²) in [4.78, 5) is 35.6. The number of aliphatic carboxylic acids is 1. The van der Waals surface area contributed by atoms with Gasteiger partial charge >= 0.3 is 12.0 Å². The monoisotopic (exact) mass is 254 g/mol. The van der Waals surface area contributed by atoms with Crippen molar-refractivity contribution in [3.63, 3.8) is 0 Å². The number of rotatable bonds is 5. The van der Waals surface area contributed by atoms with E-state index < -0.39 is 11.5 Å². The van der Waals surface area contributed by atoms with Gasteiger partial charge in [-0.15, -0.1) is 0 Å². The molecule has 1 aliphatic carbocycles. The van der Waals surface area contributed by atoms with E-state index in [9.17, 15) is 14.4 Å². The van der Waals surface area contributed by atoms with E-state index in [0.717, 1.165) is 25.7 Å². The van der Waals surface area contributed by atoms with Crippen LogP contribution in [-0.2, 0) is 9.59 Å². The van der Waals surface area contributed by atoms with Gasteiger partial charge in [0.05, 0.1) is 0 Å². The Kier molecular flexibility index (Phi) is 3.54. The lowest BCUT2D eigenvalue weighted by Gasteiger charge is -2.19. The number of carboxylic acid groups (broad SMARTS) is 1. The summed E-state index contributed by atoms with van der Waals surface area (Å²) in [6.07, 6.45) is 4.50. The molecule has 6 nitrogen and oxygen atoms in total. The molecule has 3 amide bonds. The van der Waals surface area contributed by atoms with Gasteiger partial charge in [-0.3, -0.25) is 14.5 Å². The number of carbonyl (C=O) groups is 3. The Bertz CT molecular complexity index is 374. The van der Waals surface area contributed by atoms with Gasteiger partial charge < -0.3 is 10.4 Å². The Hall–Kier alpha value is -1.59. The number of imide groups is 1. The molecule has 1 heterocycles. The van der Waals surface area contributed by atoms with E-state index in [2.05, 4.69) is 5.32 Å². The number of carboxylic acids is 1. The lowest BCUT2D eigenvalue weighted by molar-refractivity contribution is -0.137. The van der Waals surface area contributed by atoms with Crippen LogP contribution in [0.5, 0.6) is 0 Å². The number of amides is 3. The highest BCUT2D eigenvalue weighted by Crippen LogP contribution is 2.35. The highest BCUT2D eigenvalue weighted by atomic mass is 16.4. The van der Waals surface area contributed by atoms with Gasteiger partial charge in [-0.2, -0.15) is 0 Å². The molecule has 1 aliphatic heterocycles. The second-order valence-corrected chi connectivity index (χ2v) is 5.03.